The predicted molar refractivity (Wildman–Crippen MR) is 72.2 cm³/mol. The highest BCUT2D eigenvalue weighted by molar-refractivity contribution is 6.02. The van der Waals surface area contributed by atoms with Crippen LogP contribution in [0.4, 0.5) is 4.39 Å². The summed E-state index contributed by atoms with van der Waals surface area (Å²) in [5.74, 6) is -0.144. The Bertz CT molecular complexity index is 636. The molecule has 1 atom stereocenters. The van der Waals surface area contributed by atoms with Crippen molar-refractivity contribution < 1.29 is 9.60 Å². The molecular formula is C16H14FNO. The normalized spacial score (nSPS) is 20.3. The lowest BCUT2D eigenvalue weighted by atomic mass is 9.78. The number of fused-ring (bicyclic) bond motifs is 1. The van der Waals surface area contributed by atoms with Gasteiger partial charge in [-0.3, -0.25) is 0 Å². The molecule has 3 rings (SSSR count). The van der Waals surface area contributed by atoms with Crippen molar-refractivity contribution in [3.63, 3.8) is 0 Å². The van der Waals surface area contributed by atoms with Crippen LogP contribution >= 0.6 is 0 Å². The van der Waals surface area contributed by atoms with E-state index in [0.29, 0.717) is 17.7 Å². The fraction of sp³-hybridized carbons (Fsp3) is 0.188. The summed E-state index contributed by atoms with van der Waals surface area (Å²) in [6.07, 6.45) is 1.42. The minimum Gasteiger partial charge on any atom is -0.411 e. The Kier molecular flexibility index (Phi) is 3.03. The Hall–Kier alpha value is -2.16. The molecule has 0 heterocycles. The number of benzene rings is 2. The second-order valence-corrected chi connectivity index (χ2v) is 4.75. The van der Waals surface area contributed by atoms with E-state index in [4.69, 9.17) is 5.21 Å². The maximum atomic E-state index is 14.0. The van der Waals surface area contributed by atoms with E-state index in [9.17, 15) is 4.39 Å². The summed E-state index contributed by atoms with van der Waals surface area (Å²) in [5.41, 5.74) is 3.35. The molecule has 0 radical (unpaired) electrons. The second kappa shape index (κ2) is 4.84. The van der Waals surface area contributed by atoms with Gasteiger partial charge in [0.25, 0.3) is 0 Å². The van der Waals surface area contributed by atoms with Crippen molar-refractivity contribution in [2.24, 2.45) is 5.16 Å². The first kappa shape index (κ1) is 11.9. The van der Waals surface area contributed by atoms with Crippen molar-refractivity contribution >= 4 is 5.71 Å². The minimum atomic E-state index is -0.174. The van der Waals surface area contributed by atoms with E-state index in [2.05, 4.69) is 5.16 Å². The van der Waals surface area contributed by atoms with Crippen LogP contribution in [0.25, 0.3) is 0 Å². The van der Waals surface area contributed by atoms with E-state index in [1.165, 1.54) is 6.07 Å². The molecule has 2 aromatic rings. The van der Waals surface area contributed by atoms with Crippen LogP contribution in [-0.2, 0) is 0 Å². The fourth-order valence-corrected chi connectivity index (χ4v) is 2.82. The topological polar surface area (TPSA) is 32.6 Å². The van der Waals surface area contributed by atoms with Gasteiger partial charge >= 0.3 is 0 Å². The minimum absolute atomic E-state index is 0.0305. The molecule has 1 unspecified atom stereocenters. The molecular weight excluding hydrogens is 241 g/mol. The molecule has 0 aliphatic heterocycles. The first-order chi connectivity index (χ1) is 9.31. The Morgan fingerprint density at radius 3 is 2.42 bits per heavy atom. The molecule has 0 fully saturated rings. The van der Waals surface area contributed by atoms with E-state index < -0.39 is 0 Å². The van der Waals surface area contributed by atoms with Crippen LogP contribution in [0.3, 0.4) is 0 Å². The van der Waals surface area contributed by atoms with Crippen molar-refractivity contribution in [1.29, 1.82) is 0 Å². The van der Waals surface area contributed by atoms with Crippen molar-refractivity contribution in [2.45, 2.75) is 18.8 Å². The Morgan fingerprint density at radius 2 is 1.68 bits per heavy atom. The predicted octanol–water partition coefficient (Wildman–Crippen LogP) is 3.93. The monoisotopic (exact) mass is 255 g/mol. The summed E-state index contributed by atoms with van der Waals surface area (Å²) < 4.78 is 14.0. The van der Waals surface area contributed by atoms with E-state index >= 15 is 0 Å². The van der Waals surface area contributed by atoms with Crippen molar-refractivity contribution in [2.75, 3.05) is 0 Å². The highest BCUT2D eigenvalue weighted by Crippen LogP contribution is 2.37. The van der Waals surface area contributed by atoms with Gasteiger partial charge in [0, 0.05) is 11.5 Å². The van der Waals surface area contributed by atoms with Crippen LogP contribution in [0.2, 0.25) is 0 Å². The van der Waals surface area contributed by atoms with E-state index in [-0.39, 0.29) is 11.7 Å². The molecule has 19 heavy (non-hydrogen) atoms. The van der Waals surface area contributed by atoms with Gasteiger partial charge in [-0.1, -0.05) is 47.6 Å². The quantitative estimate of drug-likeness (QED) is 0.607. The highest BCUT2D eigenvalue weighted by Gasteiger charge is 2.27. The average molecular weight is 255 g/mol. The van der Waals surface area contributed by atoms with E-state index in [0.717, 1.165) is 17.5 Å². The standard InChI is InChI=1S/C16H14FNO/c17-15-8-4-3-6-13(15)12-9-10-16(18-19)14-7-2-1-5-11(12)14/h1-8,12,19H,9-10H2. The molecule has 0 aromatic heterocycles. The number of oxime groups is 1. The van der Waals surface area contributed by atoms with Crippen LogP contribution in [-0.4, -0.2) is 10.9 Å². The zero-order valence-corrected chi connectivity index (χ0v) is 10.4. The lowest BCUT2D eigenvalue weighted by molar-refractivity contribution is 0.317. The van der Waals surface area contributed by atoms with Crippen molar-refractivity contribution in [1.82, 2.24) is 0 Å². The molecule has 2 aromatic carbocycles. The van der Waals surface area contributed by atoms with Gasteiger partial charge in [-0.15, -0.1) is 0 Å². The molecule has 0 amide bonds. The SMILES string of the molecule is ON=C1CCC(c2ccccc2F)c2ccccc21. The number of nitrogens with zero attached hydrogens (tertiary/aromatic N) is 1. The summed E-state index contributed by atoms with van der Waals surface area (Å²) >= 11 is 0. The van der Waals surface area contributed by atoms with Crippen LogP contribution in [0.15, 0.2) is 53.7 Å². The zero-order chi connectivity index (χ0) is 13.2. The summed E-state index contributed by atoms with van der Waals surface area (Å²) in [7, 11) is 0. The third-order valence-electron chi connectivity index (χ3n) is 3.72. The smallest absolute Gasteiger partial charge is 0.127 e. The molecule has 0 bridgehead atoms. The first-order valence-electron chi connectivity index (χ1n) is 6.36. The number of hydrogen-bond donors (Lipinski definition) is 1. The lowest BCUT2D eigenvalue weighted by Crippen LogP contribution is -2.18. The molecule has 96 valence electrons. The number of hydrogen-bond acceptors (Lipinski definition) is 2. The third kappa shape index (κ3) is 2.01. The van der Waals surface area contributed by atoms with Crippen LogP contribution < -0.4 is 0 Å². The molecule has 1 aliphatic carbocycles. The molecule has 0 saturated heterocycles. The Morgan fingerprint density at radius 1 is 1.00 bits per heavy atom. The van der Waals surface area contributed by atoms with Gasteiger partial charge in [0.05, 0.1) is 5.71 Å². The Labute approximate surface area is 111 Å². The van der Waals surface area contributed by atoms with Crippen LogP contribution in [0.1, 0.15) is 35.4 Å². The summed E-state index contributed by atoms with van der Waals surface area (Å²) in [4.78, 5) is 0. The largest absolute Gasteiger partial charge is 0.411 e. The van der Waals surface area contributed by atoms with E-state index in [1.54, 1.807) is 6.07 Å². The van der Waals surface area contributed by atoms with E-state index in [1.807, 2.05) is 36.4 Å². The molecule has 1 N–H and O–H groups in total. The number of halogens is 1. The van der Waals surface area contributed by atoms with Gasteiger partial charge in [-0.05, 0) is 30.0 Å². The van der Waals surface area contributed by atoms with Gasteiger partial charge in [-0.2, -0.15) is 0 Å². The van der Waals surface area contributed by atoms with Gasteiger partial charge in [0.2, 0.25) is 0 Å². The second-order valence-electron chi connectivity index (χ2n) is 4.75. The van der Waals surface area contributed by atoms with Gasteiger partial charge in [0.1, 0.15) is 5.82 Å². The lowest BCUT2D eigenvalue weighted by Gasteiger charge is -2.26. The van der Waals surface area contributed by atoms with Gasteiger partial charge in [-0.25, -0.2) is 4.39 Å². The van der Waals surface area contributed by atoms with Crippen molar-refractivity contribution in [3.05, 3.63) is 71.0 Å². The Balaban J connectivity index is 2.13. The molecule has 3 heteroatoms. The summed E-state index contributed by atoms with van der Waals surface area (Å²) in [5, 5.41) is 12.4. The average Bonchev–Trinajstić information content (AvgIpc) is 2.47. The van der Waals surface area contributed by atoms with Crippen LogP contribution in [0, 0.1) is 5.82 Å². The molecule has 2 nitrogen and oxygen atoms in total. The van der Waals surface area contributed by atoms with Crippen molar-refractivity contribution in [3.8, 4) is 0 Å². The van der Waals surface area contributed by atoms with Gasteiger partial charge < -0.3 is 5.21 Å². The fourth-order valence-electron chi connectivity index (χ4n) is 2.82. The van der Waals surface area contributed by atoms with Crippen LogP contribution in [0.5, 0.6) is 0 Å². The van der Waals surface area contributed by atoms with Gasteiger partial charge in [0.15, 0.2) is 0 Å². The summed E-state index contributed by atoms with van der Waals surface area (Å²) in [6, 6.07) is 14.6. The third-order valence-corrected chi connectivity index (χ3v) is 3.72. The first-order valence-corrected chi connectivity index (χ1v) is 6.36. The molecule has 1 aliphatic rings. The highest BCUT2D eigenvalue weighted by atomic mass is 19.1. The zero-order valence-electron chi connectivity index (χ0n) is 10.4. The molecule has 0 spiro atoms. The summed E-state index contributed by atoms with van der Waals surface area (Å²) in [6.45, 7) is 0. The maximum Gasteiger partial charge on any atom is 0.127 e. The maximum absolute atomic E-state index is 14.0. The molecule has 0 saturated carbocycles. The number of rotatable bonds is 1.